The number of aryl methyl sites for hydroxylation is 1. The molecule has 0 atom stereocenters. The Labute approximate surface area is 170 Å². The number of hydrogen-bond donors (Lipinski definition) is 0. The number of pyridine rings is 1. The molecule has 28 heavy (non-hydrogen) atoms. The topological polar surface area (TPSA) is 30.3 Å². The third-order valence-electron chi connectivity index (χ3n) is 5.00. The van der Waals surface area contributed by atoms with Crippen LogP contribution >= 0.6 is 11.3 Å². The Balaban J connectivity index is 1.78. The molecule has 1 aromatic carbocycles. The van der Waals surface area contributed by atoms with E-state index in [2.05, 4.69) is 69.8 Å². The summed E-state index contributed by atoms with van der Waals surface area (Å²) < 4.78 is 7.84. The zero-order chi connectivity index (χ0) is 19.5. The summed E-state index contributed by atoms with van der Waals surface area (Å²) in [6, 6.07) is 10.7. The van der Waals surface area contributed by atoms with Gasteiger partial charge in [-0.1, -0.05) is 0 Å². The van der Waals surface area contributed by atoms with Gasteiger partial charge >= 0.3 is 0 Å². The van der Waals surface area contributed by atoms with Gasteiger partial charge in [-0.3, -0.25) is 4.98 Å². The molecule has 4 rings (SSSR count). The van der Waals surface area contributed by atoms with Gasteiger partial charge in [0, 0.05) is 52.7 Å². The first-order valence-electron chi connectivity index (χ1n) is 9.45. The maximum atomic E-state index is 5.49. The molecule has 0 amide bonds. The monoisotopic (exact) mass is 391 g/mol. The average molecular weight is 392 g/mol. The maximum absolute atomic E-state index is 5.49. The summed E-state index contributed by atoms with van der Waals surface area (Å²) in [5.41, 5.74) is 5.92. The number of fused-ring (bicyclic) bond motifs is 1. The van der Waals surface area contributed by atoms with Crippen LogP contribution in [0.3, 0.4) is 0 Å². The van der Waals surface area contributed by atoms with Gasteiger partial charge in [0.2, 0.25) is 0 Å². The standard InChI is InChI=1S/C23H25N3OS/c1-25(2)8-4-9-26-15-22(21-12-20(27-3)5-6-23(21)26)19-11-18(13-24-14-19)17-7-10-28-16-17/h5-7,10-16H,4,8-9H2,1-3H3. The molecule has 3 heterocycles. The minimum atomic E-state index is 0.877. The van der Waals surface area contributed by atoms with Gasteiger partial charge in [-0.25, -0.2) is 0 Å². The molecule has 0 saturated carbocycles. The zero-order valence-electron chi connectivity index (χ0n) is 16.6. The van der Waals surface area contributed by atoms with E-state index in [0.29, 0.717) is 0 Å². The van der Waals surface area contributed by atoms with Crippen LogP contribution in [0, 0.1) is 0 Å². The minimum absolute atomic E-state index is 0.877. The first-order valence-corrected chi connectivity index (χ1v) is 10.4. The van der Waals surface area contributed by atoms with Crippen molar-refractivity contribution in [2.24, 2.45) is 0 Å². The first kappa shape index (κ1) is 18.7. The molecule has 0 aliphatic rings. The summed E-state index contributed by atoms with van der Waals surface area (Å²) in [5.74, 6) is 0.877. The van der Waals surface area contributed by atoms with E-state index in [1.54, 1.807) is 18.4 Å². The van der Waals surface area contributed by atoms with E-state index in [1.165, 1.54) is 22.0 Å². The highest BCUT2D eigenvalue weighted by Crippen LogP contribution is 2.35. The van der Waals surface area contributed by atoms with Gasteiger partial charge < -0.3 is 14.2 Å². The molecule has 0 unspecified atom stereocenters. The van der Waals surface area contributed by atoms with Gasteiger partial charge in [-0.2, -0.15) is 11.3 Å². The number of hydrogen-bond acceptors (Lipinski definition) is 4. The number of methoxy groups -OCH3 is 1. The summed E-state index contributed by atoms with van der Waals surface area (Å²) in [6.45, 7) is 2.05. The minimum Gasteiger partial charge on any atom is -0.497 e. The lowest BCUT2D eigenvalue weighted by atomic mass is 10.0. The van der Waals surface area contributed by atoms with Gasteiger partial charge in [-0.05, 0) is 73.7 Å². The van der Waals surface area contributed by atoms with Crippen LogP contribution in [0.4, 0.5) is 0 Å². The lowest BCUT2D eigenvalue weighted by Gasteiger charge is -2.10. The van der Waals surface area contributed by atoms with Crippen LogP contribution in [0.15, 0.2) is 59.7 Å². The molecule has 0 aliphatic carbocycles. The highest BCUT2D eigenvalue weighted by molar-refractivity contribution is 7.08. The molecular formula is C23H25N3OS. The van der Waals surface area contributed by atoms with E-state index in [0.717, 1.165) is 36.4 Å². The van der Waals surface area contributed by atoms with Gasteiger partial charge in [0.25, 0.3) is 0 Å². The van der Waals surface area contributed by atoms with Crippen LogP contribution in [-0.2, 0) is 6.54 Å². The van der Waals surface area contributed by atoms with E-state index >= 15 is 0 Å². The molecular weight excluding hydrogens is 366 g/mol. The molecule has 0 aliphatic heterocycles. The van der Waals surface area contributed by atoms with Crippen LogP contribution in [0.25, 0.3) is 33.2 Å². The second-order valence-electron chi connectivity index (χ2n) is 7.25. The van der Waals surface area contributed by atoms with Crippen LogP contribution in [-0.4, -0.2) is 42.2 Å². The van der Waals surface area contributed by atoms with Crippen LogP contribution < -0.4 is 4.74 Å². The summed E-state index contributed by atoms with van der Waals surface area (Å²) in [7, 11) is 5.95. The number of ether oxygens (including phenoxy) is 1. The Kier molecular flexibility index (Phi) is 5.46. The summed E-state index contributed by atoms with van der Waals surface area (Å²) >= 11 is 1.71. The van der Waals surface area contributed by atoms with Gasteiger partial charge in [0.05, 0.1) is 7.11 Å². The molecule has 4 aromatic rings. The molecule has 144 valence electrons. The van der Waals surface area contributed by atoms with Gasteiger partial charge in [-0.15, -0.1) is 0 Å². The molecule has 0 bridgehead atoms. The second-order valence-corrected chi connectivity index (χ2v) is 8.03. The normalized spacial score (nSPS) is 11.4. The molecule has 0 N–H and O–H groups in total. The molecule has 3 aromatic heterocycles. The van der Waals surface area contributed by atoms with E-state index < -0.39 is 0 Å². The Morgan fingerprint density at radius 3 is 2.68 bits per heavy atom. The highest BCUT2D eigenvalue weighted by Gasteiger charge is 2.13. The van der Waals surface area contributed by atoms with Crippen molar-refractivity contribution in [3.8, 4) is 28.0 Å². The SMILES string of the molecule is COc1ccc2c(c1)c(-c1cncc(-c3ccsc3)c1)cn2CCCN(C)C. The maximum Gasteiger partial charge on any atom is 0.119 e. The Morgan fingerprint density at radius 2 is 1.93 bits per heavy atom. The quantitative estimate of drug-likeness (QED) is 0.423. The lowest BCUT2D eigenvalue weighted by molar-refractivity contribution is 0.388. The fourth-order valence-electron chi connectivity index (χ4n) is 3.55. The van der Waals surface area contributed by atoms with Crippen molar-refractivity contribution in [1.82, 2.24) is 14.5 Å². The number of aromatic nitrogens is 2. The zero-order valence-corrected chi connectivity index (χ0v) is 17.4. The Morgan fingerprint density at radius 1 is 1.07 bits per heavy atom. The fourth-order valence-corrected chi connectivity index (χ4v) is 4.21. The van der Waals surface area contributed by atoms with Crippen molar-refractivity contribution in [1.29, 1.82) is 0 Å². The second kappa shape index (κ2) is 8.17. The smallest absolute Gasteiger partial charge is 0.119 e. The van der Waals surface area contributed by atoms with E-state index in [9.17, 15) is 0 Å². The molecule has 0 fully saturated rings. The number of thiophene rings is 1. The predicted octanol–water partition coefficient (Wildman–Crippen LogP) is 5.39. The molecule has 5 heteroatoms. The van der Waals surface area contributed by atoms with Gasteiger partial charge in [0.15, 0.2) is 0 Å². The van der Waals surface area contributed by atoms with Crippen LogP contribution in [0.5, 0.6) is 5.75 Å². The van der Waals surface area contributed by atoms with Crippen molar-refractivity contribution in [3.63, 3.8) is 0 Å². The van der Waals surface area contributed by atoms with E-state index in [1.807, 2.05) is 18.5 Å². The fraction of sp³-hybridized carbons (Fsp3) is 0.261. The predicted molar refractivity (Wildman–Crippen MR) is 118 cm³/mol. The number of nitrogens with zero attached hydrogens (tertiary/aromatic N) is 3. The number of benzene rings is 1. The summed E-state index contributed by atoms with van der Waals surface area (Å²) in [5, 5.41) is 5.46. The lowest BCUT2D eigenvalue weighted by Crippen LogP contribution is -2.14. The van der Waals surface area contributed by atoms with Crippen molar-refractivity contribution in [2.45, 2.75) is 13.0 Å². The van der Waals surface area contributed by atoms with E-state index in [-0.39, 0.29) is 0 Å². The number of rotatable bonds is 7. The van der Waals surface area contributed by atoms with Crippen molar-refractivity contribution >= 4 is 22.2 Å². The first-order chi connectivity index (χ1) is 13.7. The van der Waals surface area contributed by atoms with Crippen molar-refractivity contribution in [2.75, 3.05) is 27.7 Å². The molecule has 4 nitrogen and oxygen atoms in total. The third kappa shape index (κ3) is 3.81. The van der Waals surface area contributed by atoms with Crippen LogP contribution in [0.1, 0.15) is 6.42 Å². The van der Waals surface area contributed by atoms with Crippen molar-refractivity contribution < 1.29 is 4.74 Å². The Bertz CT molecular complexity index is 1070. The summed E-state index contributed by atoms with van der Waals surface area (Å²) in [6.07, 6.45) is 7.25. The van der Waals surface area contributed by atoms with E-state index in [4.69, 9.17) is 4.74 Å². The average Bonchev–Trinajstić information content (AvgIpc) is 3.36. The summed E-state index contributed by atoms with van der Waals surface area (Å²) in [4.78, 5) is 6.74. The molecule has 0 saturated heterocycles. The molecule has 0 radical (unpaired) electrons. The largest absolute Gasteiger partial charge is 0.497 e. The highest BCUT2D eigenvalue weighted by atomic mass is 32.1. The van der Waals surface area contributed by atoms with Crippen LogP contribution in [0.2, 0.25) is 0 Å². The van der Waals surface area contributed by atoms with Crippen molar-refractivity contribution in [3.05, 3.63) is 59.7 Å². The Hall–Kier alpha value is -2.63. The van der Waals surface area contributed by atoms with Gasteiger partial charge in [0.1, 0.15) is 5.75 Å². The third-order valence-corrected chi connectivity index (χ3v) is 5.68. The molecule has 0 spiro atoms.